The molecule has 0 fully saturated rings. The quantitative estimate of drug-likeness (QED) is 0.801. The molecule has 21 heavy (non-hydrogen) atoms. The predicted octanol–water partition coefficient (Wildman–Crippen LogP) is 1.91. The van der Waals surface area contributed by atoms with Crippen molar-refractivity contribution in [2.45, 2.75) is 19.4 Å². The Hall–Kier alpha value is -1.92. The molecule has 2 rings (SSSR count). The molecule has 2 aromatic rings. The summed E-state index contributed by atoms with van der Waals surface area (Å²) >= 11 is 0. The van der Waals surface area contributed by atoms with E-state index in [4.69, 9.17) is 14.0 Å². The van der Waals surface area contributed by atoms with Crippen molar-refractivity contribution in [1.82, 2.24) is 15.5 Å². The maximum atomic E-state index is 5.33. The molecule has 0 saturated carbocycles. The molecule has 0 bridgehead atoms. The predicted molar refractivity (Wildman–Crippen MR) is 79.3 cm³/mol. The van der Waals surface area contributed by atoms with E-state index >= 15 is 0 Å². The highest BCUT2D eigenvalue weighted by atomic mass is 16.5. The molecule has 0 spiro atoms. The lowest BCUT2D eigenvalue weighted by Crippen LogP contribution is -2.35. The maximum Gasteiger partial charge on any atom is 0.228 e. The Morgan fingerprint density at radius 3 is 2.81 bits per heavy atom. The number of benzene rings is 1. The summed E-state index contributed by atoms with van der Waals surface area (Å²) in [6, 6.07) is 7.76. The smallest absolute Gasteiger partial charge is 0.228 e. The minimum absolute atomic E-state index is 0.158. The summed E-state index contributed by atoms with van der Waals surface area (Å²) in [5.41, 5.74) is 0.821. The second-order valence-electron chi connectivity index (χ2n) is 4.63. The van der Waals surface area contributed by atoms with Gasteiger partial charge < -0.3 is 19.3 Å². The molecule has 1 aromatic carbocycles. The lowest BCUT2D eigenvalue weighted by Gasteiger charge is -2.14. The van der Waals surface area contributed by atoms with Crippen molar-refractivity contribution in [3.05, 3.63) is 30.2 Å². The summed E-state index contributed by atoms with van der Waals surface area (Å²) in [6.07, 6.45) is 0.629. The van der Waals surface area contributed by atoms with Crippen LogP contribution in [0.3, 0.4) is 0 Å². The first-order valence-corrected chi connectivity index (χ1v) is 6.96. The van der Waals surface area contributed by atoms with Gasteiger partial charge in [-0.2, -0.15) is 4.98 Å². The normalized spacial score (nSPS) is 12.3. The maximum absolute atomic E-state index is 5.33. The molecule has 114 valence electrons. The fourth-order valence-corrected chi connectivity index (χ4v) is 2.17. The van der Waals surface area contributed by atoms with Crippen LogP contribution in [0.5, 0.6) is 5.75 Å². The Balaban J connectivity index is 2.13. The molecule has 6 nitrogen and oxygen atoms in total. The molecule has 1 aromatic heterocycles. The van der Waals surface area contributed by atoms with E-state index in [1.165, 1.54) is 0 Å². The standard InChI is InChI=1S/C15H21N3O3/c1-4-16-11(10-19-2)9-14-17-15(18-21-14)12-7-5-6-8-13(12)20-3/h5-8,11,16H,4,9-10H2,1-3H3. The van der Waals surface area contributed by atoms with E-state index in [2.05, 4.69) is 22.4 Å². The van der Waals surface area contributed by atoms with E-state index in [-0.39, 0.29) is 6.04 Å². The minimum atomic E-state index is 0.158. The summed E-state index contributed by atoms with van der Waals surface area (Å²) in [5, 5.41) is 7.36. The van der Waals surface area contributed by atoms with Crippen LogP contribution in [0.1, 0.15) is 12.8 Å². The van der Waals surface area contributed by atoms with Gasteiger partial charge >= 0.3 is 0 Å². The molecule has 1 heterocycles. The molecule has 0 aliphatic heterocycles. The van der Waals surface area contributed by atoms with Gasteiger partial charge in [0.25, 0.3) is 0 Å². The zero-order chi connectivity index (χ0) is 15.1. The largest absolute Gasteiger partial charge is 0.496 e. The minimum Gasteiger partial charge on any atom is -0.496 e. The Labute approximate surface area is 124 Å². The first-order valence-electron chi connectivity index (χ1n) is 6.96. The summed E-state index contributed by atoms with van der Waals surface area (Å²) in [7, 11) is 3.30. The lowest BCUT2D eigenvalue weighted by atomic mass is 10.2. The molecule has 6 heteroatoms. The van der Waals surface area contributed by atoms with Crippen LogP contribution in [-0.2, 0) is 11.2 Å². The zero-order valence-corrected chi connectivity index (χ0v) is 12.6. The first-order chi connectivity index (χ1) is 10.3. The Morgan fingerprint density at radius 2 is 2.10 bits per heavy atom. The monoisotopic (exact) mass is 291 g/mol. The molecule has 0 amide bonds. The molecular weight excluding hydrogens is 270 g/mol. The summed E-state index contributed by atoms with van der Waals surface area (Å²) in [6.45, 7) is 3.51. The number of aromatic nitrogens is 2. The fourth-order valence-electron chi connectivity index (χ4n) is 2.17. The second kappa shape index (κ2) is 7.75. The van der Waals surface area contributed by atoms with E-state index in [0.717, 1.165) is 17.9 Å². The van der Waals surface area contributed by atoms with Gasteiger partial charge in [0.1, 0.15) is 5.75 Å². The third-order valence-corrected chi connectivity index (χ3v) is 3.10. The third-order valence-electron chi connectivity index (χ3n) is 3.10. The van der Waals surface area contributed by atoms with Crippen molar-refractivity contribution in [1.29, 1.82) is 0 Å². The fraction of sp³-hybridized carbons (Fsp3) is 0.467. The number of nitrogens with zero attached hydrogens (tertiary/aromatic N) is 2. The third kappa shape index (κ3) is 4.03. The second-order valence-corrected chi connectivity index (χ2v) is 4.63. The SMILES string of the molecule is CCNC(COC)Cc1nc(-c2ccccc2OC)no1. The van der Waals surface area contributed by atoms with Gasteiger partial charge in [-0.05, 0) is 18.7 Å². The van der Waals surface area contributed by atoms with Gasteiger partial charge in [-0.25, -0.2) is 0 Å². The molecule has 0 aliphatic rings. The van der Waals surface area contributed by atoms with Crippen molar-refractivity contribution in [3.63, 3.8) is 0 Å². The van der Waals surface area contributed by atoms with Crippen LogP contribution in [0, 0.1) is 0 Å². The van der Waals surface area contributed by atoms with Crippen LogP contribution in [-0.4, -0.2) is 43.6 Å². The van der Waals surface area contributed by atoms with E-state index in [0.29, 0.717) is 24.7 Å². The Morgan fingerprint density at radius 1 is 1.29 bits per heavy atom. The van der Waals surface area contributed by atoms with Crippen LogP contribution in [0.2, 0.25) is 0 Å². The van der Waals surface area contributed by atoms with Crippen molar-refractivity contribution in [2.24, 2.45) is 0 Å². The Bertz CT molecular complexity index is 551. The van der Waals surface area contributed by atoms with E-state index in [9.17, 15) is 0 Å². The zero-order valence-electron chi connectivity index (χ0n) is 12.6. The average molecular weight is 291 g/mol. The molecule has 1 atom stereocenters. The number of para-hydroxylation sites is 1. The van der Waals surface area contributed by atoms with Gasteiger partial charge in [-0.3, -0.25) is 0 Å². The van der Waals surface area contributed by atoms with Crippen LogP contribution in [0.15, 0.2) is 28.8 Å². The molecule has 0 saturated heterocycles. The van der Waals surface area contributed by atoms with Crippen molar-refractivity contribution in [2.75, 3.05) is 27.4 Å². The van der Waals surface area contributed by atoms with E-state index in [1.807, 2.05) is 24.3 Å². The highest BCUT2D eigenvalue weighted by molar-refractivity contribution is 5.63. The van der Waals surface area contributed by atoms with E-state index < -0.39 is 0 Å². The van der Waals surface area contributed by atoms with Crippen LogP contribution < -0.4 is 10.1 Å². The number of hydrogen-bond acceptors (Lipinski definition) is 6. The Kier molecular flexibility index (Phi) is 5.71. The van der Waals surface area contributed by atoms with Gasteiger partial charge in [0, 0.05) is 19.6 Å². The van der Waals surface area contributed by atoms with Crippen LogP contribution in [0.4, 0.5) is 0 Å². The first kappa shape index (κ1) is 15.5. The van der Waals surface area contributed by atoms with Crippen LogP contribution in [0.25, 0.3) is 11.4 Å². The van der Waals surface area contributed by atoms with Crippen molar-refractivity contribution in [3.8, 4) is 17.1 Å². The van der Waals surface area contributed by atoms with Crippen LogP contribution >= 0.6 is 0 Å². The highest BCUT2D eigenvalue weighted by Crippen LogP contribution is 2.27. The number of nitrogens with one attached hydrogen (secondary N) is 1. The number of rotatable bonds is 8. The molecule has 0 aliphatic carbocycles. The number of hydrogen-bond donors (Lipinski definition) is 1. The van der Waals surface area contributed by atoms with Gasteiger partial charge in [0.15, 0.2) is 0 Å². The number of likely N-dealkylation sites (N-methyl/N-ethyl adjacent to an activating group) is 1. The average Bonchev–Trinajstić information content (AvgIpc) is 2.96. The number of methoxy groups -OCH3 is 2. The molecule has 1 unspecified atom stereocenters. The van der Waals surface area contributed by atoms with Gasteiger partial charge in [0.05, 0.1) is 19.3 Å². The van der Waals surface area contributed by atoms with Gasteiger partial charge in [0.2, 0.25) is 11.7 Å². The number of ether oxygens (including phenoxy) is 2. The van der Waals surface area contributed by atoms with Crippen molar-refractivity contribution < 1.29 is 14.0 Å². The molecule has 1 N–H and O–H groups in total. The summed E-state index contributed by atoms with van der Waals surface area (Å²) in [5.74, 6) is 1.85. The van der Waals surface area contributed by atoms with Gasteiger partial charge in [-0.1, -0.05) is 24.2 Å². The topological polar surface area (TPSA) is 69.4 Å². The highest BCUT2D eigenvalue weighted by Gasteiger charge is 2.16. The molecular formula is C15H21N3O3. The van der Waals surface area contributed by atoms with E-state index in [1.54, 1.807) is 14.2 Å². The van der Waals surface area contributed by atoms with Crippen molar-refractivity contribution >= 4 is 0 Å². The summed E-state index contributed by atoms with van der Waals surface area (Å²) in [4.78, 5) is 4.44. The molecule has 0 radical (unpaired) electrons. The summed E-state index contributed by atoms with van der Waals surface area (Å²) < 4.78 is 15.8. The lowest BCUT2D eigenvalue weighted by molar-refractivity contribution is 0.162. The van der Waals surface area contributed by atoms with Gasteiger partial charge in [-0.15, -0.1) is 0 Å².